The van der Waals surface area contributed by atoms with Gasteiger partial charge in [0.05, 0.1) is 6.54 Å². The molecular formula is C17H19ClN4O2. The molecule has 0 fully saturated rings. The van der Waals surface area contributed by atoms with Gasteiger partial charge in [0.2, 0.25) is 0 Å². The molecule has 3 heterocycles. The van der Waals surface area contributed by atoms with Gasteiger partial charge in [-0.2, -0.15) is 5.10 Å². The zero-order valence-corrected chi connectivity index (χ0v) is 14.2. The number of nitrogens with one attached hydrogen (secondary N) is 2. The summed E-state index contributed by atoms with van der Waals surface area (Å²) in [6.07, 6.45) is 0.878. The summed E-state index contributed by atoms with van der Waals surface area (Å²) >= 11 is 0. The molecule has 0 saturated carbocycles. The summed E-state index contributed by atoms with van der Waals surface area (Å²) in [7, 11) is 1.77. The summed E-state index contributed by atoms with van der Waals surface area (Å²) in [6, 6.07) is 9.81. The zero-order valence-electron chi connectivity index (χ0n) is 13.3. The first-order valence-corrected chi connectivity index (χ1v) is 7.72. The Labute approximate surface area is 145 Å². The van der Waals surface area contributed by atoms with Crippen molar-refractivity contribution in [3.63, 3.8) is 0 Å². The third kappa shape index (κ3) is 2.90. The fourth-order valence-corrected chi connectivity index (χ4v) is 3.00. The van der Waals surface area contributed by atoms with Gasteiger partial charge in [0.1, 0.15) is 11.3 Å². The van der Waals surface area contributed by atoms with Gasteiger partial charge in [0.15, 0.2) is 5.69 Å². The molecule has 0 bridgehead atoms. The number of hydrogen-bond acceptors (Lipinski definition) is 4. The van der Waals surface area contributed by atoms with E-state index in [-0.39, 0.29) is 18.3 Å². The first-order chi connectivity index (χ1) is 11.2. The lowest BCUT2D eigenvalue weighted by Crippen LogP contribution is -2.29. The third-order valence-electron chi connectivity index (χ3n) is 4.23. The standard InChI is InChI=1S/C17H18N4O2.ClH/c1-21(10-12-8-11-4-2-3-5-15(11)23-12)17(22)16-13-9-18-7-6-14(13)19-20-16;/h2-5,8,18H,6-7,9-10H2,1H3,(H,19,20);1H. The van der Waals surface area contributed by atoms with E-state index in [1.54, 1.807) is 11.9 Å². The molecule has 6 nitrogen and oxygen atoms in total. The van der Waals surface area contributed by atoms with Gasteiger partial charge < -0.3 is 14.6 Å². The number of aromatic nitrogens is 2. The minimum atomic E-state index is -0.0911. The van der Waals surface area contributed by atoms with Gasteiger partial charge in [-0.3, -0.25) is 9.89 Å². The number of hydrogen-bond donors (Lipinski definition) is 2. The predicted octanol–water partition coefficient (Wildman–Crippen LogP) is 2.50. The molecule has 0 aliphatic carbocycles. The second kappa shape index (κ2) is 6.67. The minimum absolute atomic E-state index is 0. The molecule has 1 aliphatic heterocycles. The smallest absolute Gasteiger partial charge is 0.274 e. The molecule has 3 aromatic rings. The largest absolute Gasteiger partial charge is 0.459 e. The van der Waals surface area contributed by atoms with Crippen LogP contribution < -0.4 is 5.32 Å². The fraction of sp³-hybridized carbons (Fsp3) is 0.294. The maximum atomic E-state index is 12.7. The molecule has 7 heteroatoms. The van der Waals surface area contributed by atoms with E-state index in [9.17, 15) is 4.79 Å². The van der Waals surface area contributed by atoms with Crippen molar-refractivity contribution in [2.75, 3.05) is 13.6 Å². The second-order valence-electron chi connectivity index (χ2n) is 5.87. The number of aromatic amines is 1. The quantitative estimate of drug-likeness (QED) is 0.764. The van der Waals surface area contributed by atoms with Crippen LogP contribution in [0.4, 0.5) is 0 Å². The molecule has 0 radical (unpaired) electrons. The highest BCUT2D eigenvalue weighted by Gasteiger charge is 2.24. The predicted molar refractivity (Wildman–Crippen MR) is 93.3 cm³/mol. The minimum Gasteiger partial charge on any atom is -0.459 e. The molecule has 126 valence electrons. The lowest BCUT2D eigenvalue weighted by molar-refractivity contribution is 0.0769. The SMILES string of the molecule is CN(Cc1cc2ccccc2o1)C(=O)c1n[nH]c2c1CNCC2.Cl. The number of furan rings is 1. The molecule has 0 spiro atoms. The fourth-order valence-electron chi connectivity index (χ4n) is 3.00. The number of amides is 1. The maximum absolute atomic E-state index is 12.7. The van der Waals surface area contributed by atoms with Crippen LogP contribution in [0.15, 0.2) is 34.7 Å². The van der Waals surface area contributed by atoms with Gasteiger partial charge >= 0.3 is 0 Å². The summed E-state index contributed by atoms with van der Waals surface area (Å²) in [5.41, 5.74) is 3.39. The first kappa shape index (κ1) is 16.5. The first-order valence-electron chi connectivity index (χ1n) is 7.72. The Morgan fingerprint density at radius 3 is 3.04 bits per heavy atom. The van der Waals surface area contributed by atoms with Crippen LogP contribution >= 0.6 is 12.4 Å². The molecule has 24 heavy (non-hydrogen) atoms. The Bertz CT molecular complexity index is 837. The van der Waals surface area contributed by atoms with Gasteiger partial charge in [0.25, 0.3) is 5.91 Å². The monoisotopic (exact) mass is 346 g/mol. The van der Waals surface area contributed by atoms with Crippen LogP contribution in [0.2, 0.25) is 0 Å². The van der Waals surface area contributed by atoms with Gasteiger partial charge in [-0.15, -0.1) is 12.4 Å². The van der Waals surface area contributed by atoms with Gasteiger partial charge in [-0.1, -0.05) is 18.2 Å². The molecule has 1 amide bonds. The van der Waals surface area contributed by atoms with Gasteiger partial charge in [0, 0.05) is 43.2 Å². The van der Waals surface area contributed by atoms with E-state index < -0.39 is 0 Å². The molecule has 0 saturated heterocycles. The lowest BCUT2D eigenvalue weighted by atomic mass is 10.1. The number of para-hydroxylation sites is 1. The van der Waals surface area contributed by atoms with E-state index in [4.69, 9.17) is 4.42 Å². The van der Waals surface area contributed by atoms with Crippen LogP contribution in [0.3, 0.4) is 0 Å². The van der Waals surface area contributed by atoms with Crippen LogP contribution in [0, 0.1) is 0 Å². The van der Waals surface area contributed by atoms with Crippen LogP contribution in [0.5, 0.6) is 0 Å². The van der Waals surface area contributed by atoms with Crippen LogP contribution in [0.1, 0.15) is 27.5 Å². The average Bonchev–Trinajstić information content (AvgIpc) is 3.17. The average molecular weight is 347 g/mol. The Hall–Kier alpha value is -2.31. The van der Waals surface area contributed by atoms with Crippen molar-refractivity contribution in [1.82, 2.24) is 20.4 Å². The molecule has 2 aromatic heterocycles. The molecular weight excluding hydrogens is 328 g/mol. The van der Waals surface area contributed by atoms with E-state index >= 15 is 0 Å². The number of rotatable bonds is 3. The van der Waals surface area contributed by atoms with E-state index in [2.05, 4.69) is 15.5 Å². The normalized spacial score (nSPS) is 13.4. The van der Waals surface area contributed by atoms with Crippen molar-refractivity contribution in [3.8, 4) is 0 Å². The number of fused-ring (bicyclic) bond motifs is 2. The topological polar surface area (TPSA) is 74.2 Å². The Balaban J connectivity index is 0.00000169. The summed E-state index contributed by atoms with van der Waals surface area (Å²) in [5, 5.41) is 11.5. The molecule has 4 rings (SSSR count). The Morgan fingerprint density at radius 2 is 2.21 bits per heavy atom. The van der Waals surface area contributed by atoms with Crippen molar-refractivity contribution in [3.05, 3.63) is 53.0 Å². The lowest BCUT2D eigenvalue weighted by Gasteiger charge is -2.17. The molecule has 2 N–H and O–H groups in total. The molecule has 0 unspecified atom stereocenters. The van der Waals surface area contributed by atoms with Crippen LogP contribution in [-0.4, -0.2) is 34.6 Å². The number of H-pyrrole nitrogens is 1. The number of halogens is 1. The van der Waals surface area contributed by atoms with Crippen molar-refractivity contribution < 1.29 is 9.21 Å². The maximum Gasteiger partial charge on any atom is 0.274 e. The Morgan fingerprint density at radius 1 is 1.38 bits per heavy atom. The zero-order chi connectivity index (χ0) is 15.8. The van der Waals surface area contributed by atoms with Crippen molar-refractivity contribution >= 4 is 29.3 Å². The summed E-state index contributed by atoms with van der Waals surface area (Å²) in [5.74, 6) is 0.677. The molecule has 1 aromatic carbocycles. The summed E-state index contributed by atoms with van der Waals surface area (Å²) in [4.78, 5) is 14.3. The van der Waals surface area contributed by atoms with E-state index in [1.807, 2.05) is 30.3 Å². The summed E-state index contributed by atoms with van der Waals surface area (Å²) < 4.78 is 5.78. The highest BCUT2D eigenvalue weighted by molar-refractivity contribution is 5.94. The van der Waals surface area contributed by atoms with E-state index in [0.717, 1.165) is 41.0 Å². The van der Waals surface area contributed by atoms with Crippen LogP contribution in [0.25, 0.3) is 11.0 Å². The molecule has 1 aliphatic rings. The van der Waals surface area contributed by atoms with Gasteiger partial charge in [-0.25, -0.2) is 0 Å². The third-order valence-corrected chi connectivity index (χ3v) is 4.23. The van der Waals surface area contributed by atoms with E-state index in [1.165, 1.54) is 0 Å². The van der Waals surface area contributed by atoms with Crippen molar-refractivity contribution in [1.29, 1.82) is 0 Å². The van der Waals surface area contributed by atoms with Crippen molar-refractivity contribution in [2.24, 2.45) is 0 Å². The molecule has 0 atom stereocenters. The number of nitrogens with zero attached hydrogens (tertiary/aromatic N) is 2. The number of carbonyl (C=O) groups excluding carboxylic acids is 1. The second-order valence-corrected chi connectivity index (χ2v) is 5.87. The van der Waals surface area contributed by atoms with E-state index in [0.29, 0.717) is 18.8 Å². The van der Waals surface area contributed by atoms with Crippen LogP contribution in [-0.2, 0) is 19.5 Å². The summed E-state index contributed by atoms with van der Waals surface area (Å²) in [6.45, 7) is 2.02. The number of carbonyl (C=O) groups is 1. The Kier molecular flexibility index (Phi) is 4.59. The van der Waals surface area contributed by atoms with Crippen molar-refractivity contribution in [2.45, 2.75) is 19.5 Å². The number of benzene rings is 1. The van der Waals surface area contributed by atoms with Gasteiger partial charge in [-0.05, 0) is 12.1 Å². The highest BCUT2D eigenvalue weighted by Crippen LogP contribution is 2.21. The highest BCUT2D eigenvalue weighted by atomic mass is 35.5.